The maximum absolute atomic E-state index is 14.2. The molecule has 41 heavy (non-hydrogen) atoms. The van der Waals surface area contributed by atoms with Crippen LogP contribution in [0.2, 0.25) is 5.02 Å². The van der Waals surface area contributed by atoms with Gasteiger partial charge >= 0.3 is 0 Å². The first-order valence-electron chi connectivity index (χ1n) is 13.8. The summed E-state index contributed by atoms with van der Waals surface area (Å²) in [5.41, 5.74) is 4.11. The summed E-state index contributed by atoms with van der Waals surface area (Å²) in [6.45, 7) is 11.8. The number of carbonyl (C=O) groups is 2. The van der Waals surface area contributed by atoms with Crippen LogP contribution >= 0.6 is 11.6 Å². The van der Waals surface area contributed by atoms with Gasteiger partial charge in [0.15, 0.2) is 0 Å². The van der Waals surface area contributed by atoms with E-state index in [1.807, 2.05) is 71.9 Å². The molecule has 7 nitrogen and oxygen atoms in total. The van der Waals surface area contributed by atoms with Gasteiger partial charge < -0.3 is 10.2 Å². The van der Waals surface area contributed by atoms with Crippen molar-refractivity contribution in [3.8, 4) is 0 Å². The minimum atomic E-state index is -4.16. The van der Waals surface area contributed by atoms with Crippen molar-refractivity contribution in [2.75, 3.05) is 17.4 Å². The van der Waals surface area contributed by atoms with Gasteiger partial charge in [0.25, 0.3) is 10.0 Å². The lowest BCUT2D eigenvalue weighted by atomic mass is 10.1. The summed E-state index contributed by atoms with van der Waals surface area (Å²) in [7, 11) is -4.16. The molecule has 0 bridgehead atoms. The second-order valence-corrected chi connectivity index (χ2v) is 13.0. The number of aryl methyl sites for hydroxylation is 3. The molecular formula is C32H40ClN3O4S. The molecule has 0 radical (unpaired) electrons. The van der Waals surface area contributed by atoms with Crippen LogP contribution < -0.4 is 9.62 Å². The number of rotatable bonds is 12. The van der Waals surface area contributed by atoms with Crippen LogP contribution in [0.25, 0.3) is 0 Å². The van der Waals surface area contributed by atoms with E-state index >= 15 is 0 Å². The van der Waals surface area contributed by atoms with Crippen molar-refractivity contribution >= 4 is 39.1 Å². The Balaban J connectivity index is 2.08. The van der Waals surface area contributed by atoms with E-state index in [-0.39, 0.29) is 23.3 Å². The molecule has 3 aromatic rings. The van der Waals surface area contributed by atoms with Crippen molar-refractivity contribution in [3.05, 3.63) is 94.0 Å². The Morgan fingerprint density at radius 1 is 0.902 bits per heavy atom. The summed E-state index contributed by atoms with van der Waals surface area (Å²) in [5, 5.41) is 3.35. The Morgan fingerprint density at radius 3 is 2.15 bits per heavy atom. The first kappa shape index (κ1) is 32.2. The summed E-state index contributed by atoms with van der Waals surface area (Å²) >= 11 is 6.03. The Hall–Kier alpha value is -3.36. The smallest absolute Gasteiger partial charge is 0.264 e. The molecule has 1 unspecified atom stereocenters. The molecule has 0 saturated carbocycles. The van der Waals surface area contributed by atoms with Gasteiger partial charge in [0.05, 0.1) is 10.6 Å². The monoisotopic (exact) mass is 597 g/mol. The van der Waals surface area contributed by atoms with Gasteiger partial charge in [-0.3, -0.25) is 13.9 Å². The second-order valence-electron chi connectivity index (χ2n) is 10.7. The van der Waals surface area contributed by atoms with E-state index in [2.05, 4.69) is 5.32 Å². The van der Waals surface area contributed by atoms with Crippen molar-refractivity contribution in [3.63, 3.8) is 0 Å². The third-order valence-electron chi connectivity index (χ3n) is 7.13. The quantitative estimate of drug-likeness (QED) is 0.276. The van der Waals surface area contributed by atoms with Gasteiger partial charge in [0, 0.05) is 18.1 Å². The van der Waals surface area contributed by atoms with E-state index in [1.54, 1.807) is 12.1 Å². The molecule has 3 rings (SSSR count). The van der Waals surface area contributed by atoms with Crippen LogP contribution in [0.15, 0.2) is 71.6 Å². The third kappa shape index (κ3) is 8.11. The average molecular weight is 598 g/mol. The molecule has 0 aliphatic heterocycles. The van der Waals surface area contributed by atoms with Crippen LogP contribution in [0.3, 0.4) is 0 Å². The van der Waals surface area contributed by atoms with Crippen molar-refractivity contribution in [2.24, 2.45) is 5.92 Å². The average Bonchev–Trinajstić information content (AvgIpc) is 2.93. The first-order valence-corrected chi connectivity index (χ1v) is 15.6. The first-order chi connectivity index (χ1) is 19.3. The number of sulfonamides is 1. The van der Waals surface area contributed by atoms with E-state index in [4.69, 9.17) is 11.6 Å². The summed E-state index contributed by atoms with van der Waals surface area (Å²) in [6.07, 6.45) is 0.370. The molecule has 2 amide bonds. The van der Waals surface area contributed by atoms with Gasteiger partial charge in [-0.1, -0.05) is 62.7 Å². The fraction of sp³-hybridized carbons (Fsp3) is 0.375. The normalized spacial score (nSPS) is 12.2. The van der Waals surface area contributed by atoms with Crippen LogP contribution in [0.1, 0.15) is 49.4 Å². The lowest BCUT2D eigenvalue weighted by Gasteiger charge is -2.33. The second kappa shape index (κ2) is 14.0. The van der Waals surface area contributed by atoms with E-state index in [1.165, 1.54) is 29.2 Å². The van der Waals surface area contributed by atoms with Gasteiger partial charge in [-0.05, 0) is 91.8 Å². The van der Waals surface area contributed by atoms with Crippen LogP contribution in [0.5, 0.6) is 0 Å². The zero-order valence-electron chi connectivity index (χ0n) is 24.6. The van der Waals surface area contributed by atoms with E-state index in [0.29, 0.717) is 23.7 Å². The third-order valence-corrected chi connectivity index (χ3v) is 9.17. The number of carbonyl (C=O) groups excluding carboxylic acids is 2. The maximum Gasteiger partial charge on any atom is 0.264 e. The van der Waals surface area contributed by atoms with Gasteiger partial charge in [-0.15, -0.1) is 0 Å². The number of anilines is 1. The maximum atomic E-state index is 14.2. The fourth-order valence-corrected chi connectivity index (χ4v) is 5.99. The molecule has 0 aliphatic carbocycles. The van der Waals surface area contributed by atoms with Crippen LogP contribution in [-0.4, -0.2) is 44.3 Å². The van der Waals surface area contributed by atoms with E-state index in [0.717, 1.165) is 26.6 Å². The highest BCUT2D eigenvalue weighted by atomic mass is 35.5. The van der Waals surface area contributed by atoms with Crippen molar-refractivity contribution in [2.45, 2.75) is 65.4 Å². The molecule has 1 N–H and O–H groups in total. The van der Waals surface area contributed by atoms with Gasteiger partial charge in [0.2, 0.25) is 11.8 Å². The summed E-state index contributed by atoms with van der Waals surface area (Å²) in [4.78, 5) is 29.0. The Kier molecular flexibility index (Phi) is 11.0. The predicted molar refractivity (Wildman–Crippen MR) is 166 cm³/mol. The zero-order chi connectivity index (χ0) is 30.3. The lowest BCUT2D eigenvalue weighted by Crippen LogP contribution is -2.52. The molecule has 0 aliphatic rings. The number of nitrogens with one attached hydrogen (secondary N) is 1. The fourth-order valence-electron chi connectivity index (χ4n) is 4.46. The Morgan fingerprint density at radius 2 is 1.56 bits per heavy atom. The van der Waals surface area contributed by atoms with Gasteiger partial charge in [0.1, 0.15) is 12.6 Å². The molecule has 0 aromatic heterocycles. The molecule has 0 fully saturated rings. The highest BCUT2D eigenvalue weighted by Gasteiger charge is 2.34. The molecule has 0 heterocycles. The topological polar surface area (TPSA) is 86.8 Å². The molecule has 220 valence electrons. The molecule has 3 aromatic carbocycles. The SMILES string of the molecule is CCC(C(=O)NCC(C)C)N(Cc1ccccc1C)C(=O)CN(c1ccc(C)c(C)c1)S(=O)(=O)c1ccc(Cl)cc1. The van der Waals surface area contributed by atoms with Crippen LogP contribution in [-0.2, 0) is 26.2 Å². The number of hydrogen-bond donors (Lipinski definition) is 1. The minimum absolute atomic E-state index is 0.0140. The van der Waals surface area contributed by atoms with Crippen molar-refractivity contribution in [1.29, 1.82) is 0 Å². The molecule has 1 atom stereocenters. The van der Waals surface area contributed by atoms with Crippen molar-refractivity contribution < 1.29 is 18.0 Å². The number of benzene rings is 3. The largest absolute Gasteiger partial charge is 0.354 e. The Labute approximate surface area is 249 Å². The Bertz CT molecular complexity index is 1470. The molecule has 0 saturated heterocycles. The predicted octanol–water partition coefficient (Wildman–Crippen LogP) is 6.04. The number of halogens is 1. The van der Waals surface area contributed by atoms with Crippen LogP contribution in [0.4, 0.5) is 5.69 Å². The molecule has 0 spiro atoms. The number of amides is 2. The number of hydrogen-bond acceptors (Lipinski definition) is 4. The molecule has 9 heteroatoms. The lowest BCUT2D eigenvalue weighted by molar-refractivity contribution is -0.140. The highest BCUT2D eigenvalue weighted by Crippen LogP contribution is 2.27. The van der Waals surface area contributed by atoms with E-state index < -0.39 is 28.5 Å². The standard InChI is InChI=1S/C32H40ClN3O4S/c1-7-30(32(38)34-19-22(2)3)35(20-26-11-9-8-10-24(26)5)31(37)21-36(28-15-12-23(4)25(6)18-28)41(39,40)29-16-13-27(33)14-17-29/h8-18,22,30H,7,19-21H2,1-6H3,(H,34,38). The minimum Gasteiger partial charge on any atom is -0.354 e. The molecular weight excluding hydrogens is 558 g/mol. The van der Waals surface area contributed by atoms with Gasteiger partial charge in [-0.25, -0.2) is 8.42 Å². The number of nitrogens with zero attached hydrogens (tertiary/aromatic N) is 2. The zero-order valence-corrected chi connectivity index (χ0v) is 26.2. The summed E-state index contributed by atoms with van der Waals surface area (Å²) < 4.78 is 29.1. The van der Waals surface area contributed by atoms with E-state index in [9.17, 15) is 18.0 Å². The van der Waals surface area contributed by atoms with Crippen LogP contribution in [0, 0.1) is 26.7 Å². The summed E-state index contributed by atoms with van der Waals surface area (Å²) in [5.74, 6) is -0.501. The highest BCUT2D eigenvalue weighted by molar-refractivity contribution is 7.92. The van der Waals surface area contributed by atoms with Gasteiger partial charge in [-0.2, -0.15) is 0 Å². The summed E-state index contributed by atoms with van der Waals surface area (Å²) in [6, 6.07) is 18.0. The van der Waals surface area contributed by atoms with Crippen molar-refractivity contribution in [1.82, 2.24) is 10.2 Å².